The molecule has 2 aliphatic carbocycles. The van der Waals surface area contributed by atoms with Gasteiger partial charge >= 0.3 is 73.4 Å². The number of carbonyl (C=O) groups is 2. The fourth-order valence-corrected chi connectivity index (χ4v) is 10.4. The third kappa shape index (κ3) is 9.12. The number of carbonyl (C=O) groups excluding carboxylic acids is 2. The first kappa shape index (κ1) is 46.8. The molecule has 4 aromatic carbocycles. The fraction of sp³-hybridized carbons (Fsp3) is 0.289. The van der Waals surface area contributed by atoms with E-state index in [1.165, 1.54) is 44.8 Å². The predicted octanol–water partition coefficient (Wildman–Crippen LogP) is 11.3. The Kier molecular flexibility index (Phi) is 15.3. The van der Waals surface area contributed by atoms with Gasteiger partial charge in [0, 0.05) is 24.5 Å². The van der Waals surface area contributed by atoms with Crippen LogP contribution in [0.15, 0.2) is 66.7 Å². The van der Waals surface area contributed by atoms with Crippen molar-refractivity contribution in [3.63, 3.8) is 0 Å². The zero-order chi connectivity index (χ0) is 40.7. The number of allylic oxidation sites excluding steroid dienone is 2. The van der Waals surface area contributed by atoms with Gasteiger partial charge in [-0.05, 0) is 82.1 Å². The summed E-state index contributed by atoms with van der Waals surface area (Å²) in [4.78, 5) is 29.7. The van der Waals surface area contributed by atoms with Crippen LogP contribution in [0.3, 0.4) is 0 Å². The van der Waals surface area contributed by atoms with Crippen molar-refractivity contribution in [2.24, 2.45) is 23.7 Å². The molecule has 314 valence electrons. The van der Waals surface area contributed by atoms with E-state index in [-0.39, 0.29) is 31.6 Å². The van der Waals surface area contributed by atoms with Gasteiger partial charge in [0.1, 0.15) is 5.69 Å². The molecule has 1 saturated carbocycles. The SMILES string of the molecule is Cc1cc(C)c(N2[CH-]N(c3c(C)cc(C)cc3C)CC2)c(C)c1.O=C1[C@@H]2C3C=CC(C3)[C@@H]2C(=O)N1c1c(F)c(F)c(F)c(F)c1F.[CH3-].[CH3-].[Cl][Ru]([Cl])=[CH]c1ccccc1. The number of imide groups is 1. The van der Waals surface area contributed by atoms with E-state index in [0.717, 1.165) is 18.7 Å². The Labute approximate surface area is 351 Å². The van der Waals surface area contributed by atoms with Crippen molar-refractivity contribution in [3.05, 3.63) is 156 Å². The van der Waals surface area contributed by atoms with Crippen LogP contribution >= 0.6 is 19.4 Å². The van der Waals surface area contributed by atoms with E-state index in [1.807, 2.05) is 34.9 Å². The van der Waals surface area contributed by atoms with Crippen molar-refractivity contribution in [2.45, 2.75) is 48.0 Å². The van der Waals surface area contributed by atoms with Crippen LogP contribution in [0, 0.1) is 116 Å². The quantitative estimate of drug-likeness (QED) is 0.0389. The average molecular weight is 929 g/mol. The minimum atomic E-state index is -2.33. The number of benzene rings is 4. The van der Waals surface area contributed by atoms with Gasteiger partial charge in [0.25, 0.3) is 0 Å². The number of fused-ring (bicyclic) bond motifs is 5. The Balaban J connectivity index is 0.000000203. The Hall–Kier alpha value is -3.92. The van der Waals surface area contributed by atoms with Crippen molar-refractivity contribution in [2.75, 3.05) is 27.8 Å². The van der Waals surface area contributed by atoms with Crippen LogP contribution in [0.2, 0.25) is 0 Å². The first-order chi connectivity index (χ1) is 26.5. The second-order valence-electron chi connectivity index (χ2n) is 14.6. The van der Waals surface area contributed by atoms with Gasteiger partial charge in [0.2, 0.25) is 17.6 Å². The second-order valence-corrected chi connectivity index (χ2v) is 20.4. The third-order valence-electron chi connectivity index (χ3n) is 10.6. The number of nitrogens with zero attached hydrogens (tertiary/aromatic N) is 3. The number of rotatable bonds is 4. The summed E-state index contributed by atoms with van der Waals surface area (Å²) in [6.07, 6.45) is 4.08. The molecule has 13 heteroatoms. The van der Waals surface area contributed by atoms with Crippen LogP contribution < -0.4 is 14.7 Å². The summed E-state index contributed by atoms with van der Waals surface area (Å²) >= 11 is -1.61. The van der Waals surface area contributed by atoms with E-state index in [2.05, 4.69) is 82.3 Å². The molecule has 0 radical (unpaired) electrons. The first-order valence-corrected chi connectivity index (χ1v) is 23.5. The molecular weight excluding hydrogens is 881 g/mol. The van der Waals surface area contributed by atoms with Crippen LogP contribution in [-0.4, -0.2) is 29.5 Å². The Bertz CT molecular complexity index is 2100. The summed E-state index contributed by atoms with van der Waals surface area (Å²) in [7, 11) is 11.3. The molecule has 0 N–H and O–H groups in total. The topological polar surface area (TPSA) is 43.9 Å². The zero-order valence-electron chi connectivity index (χ0n) is 33.6. The molecule has 2 unspecified atom stereocenters. The molecule has 2 aliphatic heterocycles. The monoisotopic (exact) mass is 928 g/mol. The van der Waals surface area contributed by atoms with Crippen molar-refractivity contribution < 1.29 is 45.1 Å². The molecule has 0 aromatic heterocycles. The van der Waals surface area contributed by atoms with Crippen molar-refractivity contribution >= 4 is 52.9 Å². The van der Waals surface area contributed by atoms with E-state index in [4.69, 9.17) is 19.4 Å². The molecule has 4 aromatic rings. The second kappa shape index (κ2) is 19.0. The van der Waals surface area contributed by atoms with Crippen LogP contribution in [0.5, 0.6) is 0 Å². The van der Waals surface area contributed by atoms with Crippen molar-refractivity contribution in [1.82, 2.24) is 0 Å². The van der Waals surface area contributed by atoms with E-state index in [9.17, 15) is 31.5 Å². The molecule has 58 heavy (non-hydrogen) atoms. The number of hydrogen-bond donors (Lipinski definition) is 0. The van der Waals surface area contributed by atoms with Gasteiger partial charge in [0.05, 0.1) is 11.8 Å². The number of halogens is 7. The van der Waals surface area contributed by atoms with Crippen LogP contribution in [0.25, 0.3) is 0 Å². The minimum absolute atomic E-state index is 0. The number of aryl methyl sites for hydroxylation is 6. The van der Waals surface area contributed by atoms with Gasteiger partial charge in [-0.25, -0.2) is 26.9 Å². The van der Waals surface area contributed by atoms with Crippen molar-refractivity contribution in [3.8, 4) is 0 Å². The molecule has 2 heterocycles. The van der Waals surface area contributed by atoms with Gasteiger partial charge < -0.3 is 24.7 Å². The fourth-order valence-electron chi connectivity index (χ4n) is 8.61. The molecule has 4 atom stereocenters. The van der Waals surface area contributed by atoms with E-state index in [0.29, 0.717) is 6.42 Å². The molecule has 2 saturated heterocycles. The average Bonchev–Trinajstić information content (AvgIpc) is 3.93. The van der Waals surface area contributed by atoms with Gasteiger partial charge in [0.15, 0.2) is 23.3 Å². The summed E-state index contributed by atoms with van der Waals surface area (Å²) in [6.45, 7) is 17.6. The van der Waals surface area contributed by atoms with E-state index < -0.39 is 71.9 Å². The number of hydrogen-bond acceptors (Lipinski definition) is 4. The summed E-state index contributed by atoms with van der Waals surface area (Å²) < 4.78 is 69.5. The molecule has 3 fully saturated rings. The Morgan fingerprint density at radius 2 is 1.00 bits per heavy atom. The normalized spacial score (nSPS) is 20.2. The van der Waals surface area contributed by atoms with Crippen LogP contribution in [0.1, 0.15) is 45.4 Å². The summed E-state index contributed by atoms with van der Waals surface area (Å²) in [6, 6.07) is 19.0. The van der Waals surface area contributed by atoms with Gasteiger partial charge in [-0.2, -0.15) is 6.67 Å². The maximum atomic E-state index is 13.9. The van der Waals surface area contributed by atoms with Crippen LogP contribution in [0.4, 0.5) is 39.0 Å². The first-order valence-electron chi connectivity index (χ1n) is 18.0. The third-order valence-corrected chi connectivity index (χ3v) is 12.5. The summed E-state index contributed by atoms with van der Waals surface area (Å²) in [5.74, 6) is -15.0. The molecule has 2 bridgehead atoms. The van der Waals surface area contributed by atoms with Gasteiger partial charge in [-0.3, -0.25) is 9.59 Å². The van der Waals surface area contributed by atoms with Crippen molar-refractivity contribution in [1.29, 1.82) is 0 Å². The molecular formula is C45H47Cl2F5N3O2Ru-3. The predicted molar refractivity (Wildman–Crippen MR) is 223 cm³/mol. The standard InChI is InChI=1S/C21H27N2.C15H8F5NO2.C7H6.2CH3.2ClH.Ru/c1-14-9-16(3)20(17(4)10-14)22-7-8-23(13-22)21-18(5)11-15(2)12-19(21)6;16-8-9(17)11(19)13(12(20)10(8)18)21-14(22)6-4-1-2-5(3-4)7(6)15(21)23;1-7-5-3-2-4-6-7;;;;;/h9-13H,7-8H2,1-6H3;1-2,4-7H,3H2;1-6H;2*1H3;2*1H;/q-1;;;2*-1;;;+2/p-2/t;4?,5?,6-,7+;;;;;;. The maximum absolute atomic E-state index is 13.9. The number of amides is 2. The van der Waals surface area contributed by atoms with Crippen LogP contribution in [-0.2, 0) is 23.1 Å². The zero-order valence-corrected chi connectivity index (χ0v) is 36.8. The summed E-state index contributed by atoms with van der Waals surface area (Å²) in [5.41, 5.74) is 10.5. The number of anilines is 3. The molecule has 4 aliphatic rings. The van der Waals surface area contributed by atoms with Gasteiger partial charge in [-0.1, -0.05) is 47.5 Å². The Morgan fingerprint density at radius 3 is 1.38 bits per heavy atom. The van der Waals surface area contributed by atoms with Gasteiger partial charge in [-0.15, -0.1) is 0 Å². The molecule has 2 amide bonds. The van der Waals surface area contributed by atoms with E-state index >= 15 is 0 Å². The Morgan fingerprint density at radius 1 is 0.621 bits per heavy atom. The van der Waals surface area contributed by atoms with E-state index in [1.54, 1.807) is 12.2 Å². The molecule has 5 nitrogen and oxygen atoms in total. The molecule has 0 spiro atoms. The molecule has 8 rings (SSSR count). The summed E-state index contributed by atoms with van der Waals surface area (Å²) in [5, 5.41) is 0.